The number of hydrogen-bond acceptors (Lipinski definition) is 11. The number of carbonyl (C=O) groups excluding carboxylic acids is 2. The van der Waals surface area contributed by atoms with Crippen LogP contribution in [0.2, 0.25) is 10.0 Å². The molecule has 272 valence electrons. The highest BCUT2D eigenvalue weighted by molar-refractivity contribution is 7.13. The molecule has 1 saturated heterocycles. The van der Waals surface area contributed by atoms with Crippen LogP contribution in [-0.4, -0.2) is 71.5 Å². The summed E-state index contributed by atoms with van der Waals surface area (Å²) < 4.78 is 28.9. The molecular formula is C37H41Cl2N3O8S. The van der Waals surface area contributed by atoms with Gasteiger partial charge in [-0.1, -0.05) is 41.4 Å². The average molecular weight is 759 g/mol. The second-order valence-corrected chi connectivity index (χ2v) is 14.2. The summed E-state index contributed by atoms with van der Waals surface area (Å²) in [6.07, 6.45) is 3.60. The Morgan fingerprint density at radius 3 is 2.33 bits per heavy atom. The van der Waals surface area contributed by atoms with Gasteiger partial charge >= 0.3 is 11.9 Å². The maximum Gasteiger partial charge on any atom is 0.348 e. The highest BCUT2D eigenvalue weighted by Crippen LogP contribution is 2.36. The molecule has 0 radical (unpaired) electrons. The fourth-order valence-corrected chi connectivity index (χ4v) is 7.40. The molecule has 2 aromatic heterocycles. The number of para-hydroxylation sites is 2. The number of hydrogen-bond donors (Lipinski definition) is 0. The number of thiophene rings is 1. The second-order valence-electron chi connectivity index (χ2n) is 12.2. The minimum absolute atomic E-state index is 0.00595. The molecule has 0 aliphatic carbocycles. The summed E-state index contributed by atoms with van der Waals surface area (Å²) in [5.41, 5.74) is 1.77. The zero-order valence-electron chi connectivity index (χ0n) is 28.9. The van der Waals surface area contributed by atoms with Gasteiger partial charge in [0.25, 0.3) is 0 Å². The van der Waals surface area contributed by atoms with E-state index in [1.54, 1.807) is 31.4 Å². The summed E-state index contributed by atoms with van der Waals surface area (Å²) in [4.78, 5) is 32.2. The van der Waals surface area contributed by atoms with Gasteiger partial charge in [-0.2, -0.15) is 4.73 Å². The molecule has 14 heteroatoms. The van der Waals surface area contributed by atoms with Crippen molar-refractivity contribution < 1.29 is 38.0 Å². The smallest absolute Gasteiger partial charge is 0.348 e. The molecule has 0 amide bonds. The third kappa shape index (κ3) is 9.97. The van der Waals surface area contributed by atoms with Crippen LogP contribution < -0.4 is 23.8 Å². The van der Waals surface area contributed by atoms with E-state index in [1.807, 2.05) is 35.2 Å². The Morgan fingerprint density at radius 1 is 0.961 bits per heavy atom. The van der Waals surface area contributed by atoms with Crippen LogP contribution in [0.25, 0.3) is 0 Å². The number of rotatable bonds is 15. The molecule has 1 fully saturated rings. The van der Waals surface area contributed by atoms with E-state index in [0.717, 1.165) is 36.5 Å². The number of likely N-dealkylation sites (tertiary alicyclic amines) is 1. The lowest BCUT2D eigenvalue weighted by Gasteiger charge is -2.29. The van der Waals surface area contributed by atoms with E-state index in [4.69, 9.17) is 46.9 Å². The Balaban J connectivity index is 1.35. The predicted molar refractivity (Wildman–Crippen MR) is 196 cm³/mol. The van der Waals surface area contributed by atoms with Gasteiger partial charge in [0.2, 0.25) is 0 Å². The normalized spacial score (nSPS) is 14.1. The third-order valence-corrected chi connectivity index (χ3v) is 10.5. The number of nitrogens with zero attached hydrogens (tertiary/aromatic N) is 3. The summed E-state index contributed by atoms with van der Waals surface area (Å²) in [7, 11) is 6.72. The highest BCUT2D eigenvalue weighted by Gasteiger charge is 2.26. The van der Waals surface area contributed by atoms with Crippen LogP contribution in [0.5, 0.6) is 17.2 Å². The average Bonchev–Trinajstić information content (AvgIpc) is 3.60. The predicted octanol–water partition coefficient (Wildman–Crippen LogP) is 6.75. The van der Waals surface area contributed by atoms with Gasteiger partial charge in [-0.3, -0.25) is 4.79 Å². The van der Waals surface area contributed by atoms with Crippen LogP contribution in [0.3, 0.4) is 0 Å². The lowest BCUT2D eigenvalue weighted by Crippen LogP contribution is -2.34. The van der Waals surface area contributed by atoms with Crippen molar-refractivity contribution in [2.24, 2.45) is 5.92 Å². The first kappa shape index (κ1) is 38.0. The molecule has 0 spiro atoms. The van der Waals surface area contributed by atoms with Gasteiger partial charge in [-0.05, 0) is 80.9 Å². The zero-order valence-corrected chi connectivity index (χ0v) is 31.3. The number of halogens is 2. The molecule has 0 N–H and O–H groups in total. The quantitative estimate of drug-likeness (QED) is 0.0734. The van der Waals surface area contributed by atoms with Crippen molar-refractivity contribution in [2.45, 2.75) is 31.9 Å². The number of methoxy groups -OCH3 is 3. The number of esters is 2. The largest absolute Gasteiger partial charge is 0.619 e. The number of anilines is 1. The van der Waals surface area contributed by atoms with E-state index in [2.05, 4.69) is 11.9 Å². The van der Waals surface area contributed by atoms with Gasteiger partial charge in [0, 0.05) is 16.9 Å². The number of carbonyl (C=O) groups is 2. The van der Waals surface area contributed by atoms with Gasteiger partial charge in [0.1, 0.15) is 33.3 Å². The first-order valence-corrected chi connectivity index (χ1v) is 18.0. The van der Waals surface area contributed by atoms with Gasteiger partial charge in [0.15, 0.2) is 23.9 Å². The van der Waals surface area contributed by atoms with E-state index < -0.39 is 12.1 Å². The van der Waals surface area contributed by atoms with Crippen molar-refractivity contribution in [3.8, 4) is 17.2 Å². The van der Waals surface area contributed by atoms with Crippen LogP contribution in [0, 0.1) is 11.1 Å². The molecule has 51 heavy (non-hydrogen) atoms. The number of piperidine rings is 1. The van der Waals surface area contributed by atoms with Crippen molar-refractivity contribution in [1.29, 1.82) is 0 Å². The lowest BCUT2D eigenvalue weighted by atomic mass is 9.98. The summed E-state index contributed by atoms with van der Waals surface area (Å²) >= 11 is 14.1. The molecule has 1 aliphatic rings. The van der Waals surface area contributed by atoms with Crippen molar-refractivity contribution in [3.63, 3.8) is 0 Å². The summed E-state index contributed by atoms with van der Waals surface area (Å²) in [5.74, 6) is 0.982. The van der Waals surface area contributed by atoms with Gasteiger partial charge < -0.3 is 38.7 Å². The molecule has 0 saturated carbocycles. The van der Waals surface area contributed by atoms with Gasteiger partial charge in [-0.25, -0.2) is 4.79 Å². The summed E-state index contributed by atoms with van der Waals surface area (Å²) in [6.45, 7) is 2.67. The summed E-state index contributed by atoms with van der Waals surface area (Å²) in [6, 6.07) is 16.2. The second kappa shape index (κ2) is 17.8. The van der Waals surface area contributed by atoms with Gasteiger partial charge in [-0.15, -0.1) is 11.3 Å². The molecule has 1 aliphatic heterocycles. The third-order valence-electron chi connectivity index (χ3n) is 8.75. The van der Waals surface area contributed by atoms with Crippen LogP contribution in [0.1, 0.15) is 44.6 Å². The molecule has 0 unspecified atom stereocenters. The zero-order chi connectivity index (χ0) is 36.5. The van der Waals surface area contributed by atoms with E-state index in [0.29, 0.717) is 57.1 Å². The lowest BCUT2D eigenvalue weighted by molar-refractivity contribution is -0.605. The monoisotopic (exact) mass is 757 g/mol. The van der Waals surface area contributed by atoms with Crippen molar-refractivity contribution in [3.05, 3.63) is 103 Å². The topological polar surface area (TPSA) is 114 Å². The van der Waals surface area contributed by atoms with E-state index in [1.165, 1.54) is 38.0 Å². The Kier molecular flexibility index (Phi) is 13.3. The first-order chi connectivity index (χ1) is 24.6. The van der Waals surface area contributed by atoms with Gasteiger partial charge in [0.05, 0.1) is 40.2 Å². The Hall–Kier alpha value is -4.23. The minimum atomic E-state index is -0.857. The standard InChI is InChI=1S/C37H41Cl2N3O8S/c1-40-15-13-24(14-16-40)23-49-36(43)22-41(30-7-5-6-8-31(30)46-2)19-26-10-12-35(51-26)37(44)50-33(18-27-28(38)20-42(45)21-29(27)39)25-9-11-32(47-3)34(17-25)48-4/h5-12,17,20-21,24,33H,13-16,18-19,22-23H2,1-4H3/t33-/m0/s1. The number of pyridine rings is 1. The minimum Gasteiger partial charge on any atom is -0.619 e. The fraction of sp³-hybridized carbons (Fsp3) is 0.378. The number of benzene rings is 2. The summed E-state index contributed by atoms with van der Waals surface area (Å²) in [5, 5.41) is 12.2. The first-order valence-electron chi connectivity index (χ1n) is 16.4. The van der Waals surface area contributed by atoms with Crippen molar-refractivity contribution >= 4 is 52.2 Å². The van der Waals surface area contributed by atoms with E-state index in [9.17, 15) is 14.8 Å². The van der Waals surface area contributed by atoms with E-state index >= 15 is 0 Å². The maximum absolute atomic E-state index is 13.7. The molecule has 11 nitrogen and oxygen atoms in total. The van der Waals surface area contributed by atoms with Crippen LogP contribution >= 0.6 is 34.5 Å². The Bertz CT molecular complexity index is 1790. The molecule has 1 atom stereocenters. The van der Waals surface area contributed by atoms with Crippen LogP contribution in [0.4, 0.5) is 5.69 Å². The van der Waals surface area contributed by atoms with Crippen LogP contribution in [-0.2, 0) is 27.2 Å². The highest BCUT2D eigenvalue weighted by atomic mass is 35.5. The van der Waals surface area contributed by atoms with Crippen LogP contribution in [0.15, 0.2) is 67.0 Å². The molecule has 5 rings (SSSR count). The Labute approximate surface area is 311 Å². The maximum atomic E-state index is 13.7. The Morgan fingerprint density at radius 2 is 1.65 bits per heavy atom. The molecule has 4 aromatic rings. The molecular weight excluding hydrogens is 717 g/mol. The van der Waals surface area contributed by atoms with E-state index in [-0.39, 0.29) is 29.0 Å². The molecule has 2 aromatic carbocycles. The van der Waals surface area contributed by atoms with Crippen molar-refractivity contribution in [1.82, 2.24) is 4.90 Å². The SMILES string of the molecule is COc1ccc([C@H](Cc2c(Cl)c[n+]([O-])cc2Cl)OC(=O)c2ccc(CN(CC(=O)OCC3CCN(C)CC3)c3ccccc3OC)s2)cc1OC. The number of ether oxygens (including phenoxy) is 5. The number of aromatic nitrogens is 1. The van der Waals surface area contributed by atoms with Crippen molar-refractivity contribution in [2.75, 3.05) is 59.5 Å². The fourth-order valence-electron chi connectivity index (χ4n) is 5.90. The molecule has 0 bridgehead atoms. The molecule has 3 heterocycles.